The molecule has 0 saturated carbocycles. The Hall–Kier alpha value is -3.82. The van der Waals surface area contributed by atoms with Gasteiger partial charge in [0.2, 0.25) is 5.95 Å². The molecular weight excluding hydrogens is 475 g/mol. The summed E-state index contributed by atoms with van der Waals surface area (Å²) in [4.78, 5) is 12.7. The Kier molecular flexibility index (Phi) is 5.95. The molecule has 34 heavy (non-hydrogen) atoms. The van der Waals surface area contributed by atoms with Gasteiger partial charge in [0.05, 0.1) is 28.0 Å². The van der Waals surface area contributed by atoms with E-state index >= 15 is 0 Å². The van der Waals surface area contributed by atoms with Crippen LogP contribution in [0, 0.1) is 6.92 Å². The van der Waals surface area contributed by atoms with Crippen LogP contribution in [0.2, 0.25) is 10.0 Å². The molecule has 0 aliphatic rings. The first-order chi connectivity index (χ1) is 16.4. The van der Waals surface area contributed by atoms with Crippen LogP contribution < -0.4 is 15.4 Å². The van der Waals surface area contributed by atoms with E-state index in [2.05, 4.69) is 35.8 Å². The van der Waals surface area contributed by atoms with Crippen LogP contribution in [0.15, 0.2) is 54.9 Å². The predicted octanol–water partition coefficient (Wildman–Crippen LogP) is 5.85. The average molecular weight is 495 g/mol. The maximum atomic E-state index is 6.53. The van der Waals surface area contributed by atoms with Crippen molar-refractivity contribution in [2.75, 3.05) is 10.6 Å². The minimum Gasteiger partial charge on any atom is -0.424 e. The summed E-state index contributed by atoms with van der Waals surface area (Å²) in [6.45, 7) is 2.52. The molecule has 0 bridgehead atoms. The Balaban J connectivity index is 1.28. The highest BCUT2D eigenvalue weighted by Crippen LogP contribution is 2.31. The zero-order valence-corrected chi connectivity index (χ0v) is 19.8. The first-order valence-corrected chi connectivity index (χ1v) is 11.1. The molecule has 5 rings (SSSR count). The monoisotopic (exact) mass is 494 g/mol. The van der Waals surface area contributed by atoms with Crippen LogP contribution in [0.3, 0.4) is 0 Å². The third-order valence-electron chi connectivity index (χ3n) is 5.10. The largest absolute Gasteiger partial charge is 0.424 e. The van der Waals surface area contributed by atoms with Crippen LogP contribution >= 0.6 is 23.2 Å². The molecule has 3 heterocycles. The summed E-state index contributed by atoms with van der Waals surface area (Å²) in [5.41, 5.74) is 4.48. The number of aryl methyl sites for hydroxylation is 2. The third kappa shape index (κ3) is 4.75. The number of H-pyrrole nitrogens is 1. The minimum atomic E-state index is 0.239. The smallest absolute Gasteiger partial charge is 0.321 e. The number of halogens is 2. The average Bonchev–Trinajstić information content (AvgIpc) is 3.38. The van der Waals surface area contributed by atoms with Gasteiger partial charge in [0.15, 0.2) is 5.82 Å². The summed E-state index contributed by atoms with van der Waals surface area (Å²) < 4.78 is 7.60. The fourth-order valence-electron chi connectivity index (χ4n) is 3.42. The highest BCUT2D eigenvalue weighted by molar-refractivity contribution is 6.35. The summed E-state index contributed by atoms with van der Waals surface area (Å²) in [6, 6.07) is 13.6. The summed E-state index contributed by atoms with van der Waals surface area (Å²) in [5, 5.41) is 14.8. The van der Waals surface area contributed by atoms with Gasteiger partial charge < -0.3 is 19.9 Å². The molecule has 0 atom stereocenters. The number of hydrogen-bond donors (Lipinski definition) is 3. The van der Waals surface area contributed by atoms with Crippen molar-refractivity contribution in [2.24, 2.45) is 7.05 Å². The predicted molar refractivity (Wildman–Crippen MR) is 133 cm³/mol. The molecule has 0 amide bonds. The number of nitrogens with one attached hydrogen (secondary N) is 3. The Labute approximate surface area is 205 Å². The lowest BCUT2D eigenvalue weighted by atomic mass is 10.2. The van der Waals surface area contributed by atoms with Crippen LogP contribution in [0.25, 0.3) is 11.0 Å². The van der Waals surface area contributed by atoms with Crippen molar-refractivity contribution >= 4 is 51.7 Å². The SMILES string of the molecule is Cc1cc(Nc2cc(Cl)c3nc(NCc4ccc(Oc5ncc(Cl)cn5)cc4)n(C)c3c2)n[nH]1. The third-order valence-corrected chi connectivity index (χ3v) is 5.58. The zero-order chi connectivity index (χ0) is 23.7. The van der Waals surface area contributed by atoms with Crippen molar-refractivity contribution in [3.63, 3.8) is 0 Å². The molecule has 172 valence electrons. The van der Waals surface area contributed by atoms with Gasteiger partial charge in [-0.25, -0.2) is 15.0 Å². The molecule has 3 aromatic heterocycles. The topological polar surface area (TPSA) is 106 Å². The summed E-state index contributed by atoms with van der Waals surface area (Å²) in [7, 11) is 1.94. The Morgan fingerprint density at radius 3 is 2.53 bits per heavy atom. The number of fused-ring (bicyclic) bond motifs is 1. The quantitative estimate of drug-likeness (QED) is 0.260. The van der Waals surface area contributed by atoms with Gasteiger partial charge in [-0.15, -0.1) is 0 Å². The highest BCUT2D eigenvalue weighted by atomic mass is 35.5. The number of rotatable bonds is 7. The molecule has 0 aliphatic carbocycles. The van der Waals surface area contributed by atoms with E-state index in [1.165, 1.54) is 12.4 Å². The van der Waals surface area contributed by atoms with Crippen LogP contribution in [0.1, 0.15) is 11.3 Å². The Morgan fingerprint density at radius 2 is 1.82 bits per heavy atom. The Bertz CT molecular complexity index is 1440. The molecule has 9 nitrogen and oxygen atoms in total. The zero-order valence-electron chi connectivity index (χ0n) is 18.3. The van der Waals surface area contributed by atoms with Gasteiger partial charge >= 0.3 is 6.01 Å². The van der Waals surface area contributed by atoms with Gasteiger partial charge in [0, 0.05) is 31.0 Å². The maximum absolute atomic E-state index is 6.53. The lowest BCUT2D eigenvalue weighted by Gasteiger charge is -2.08. The van der Waals surface area contributed by atoms with E-state index in [0.29, 0.717) is 28.3 Å². The minimum absolute atomic E-state index is 0.239. The molecule has 0 aliphatic heterocycles. The van der Waals surface area contributed by atoms with Gasteiger partial charge in [-0.2, -0.15) is 5.10 Å². The molecule has 0 fully saturated rings. The van der Waals surface area contributed by atoms with Crippen LogP contribution in [0.5, 0.6) is 11.8 Å². The normalized spacial score (nSPS) is 11.1. The highest BCUT2D eigenvalue weighted by Gasteiger charge is 2.13. The number of hydrogen-bond acceptors (Lipinski definition) is 7. The van der Waals surface area contributed by atoms with Gasteiger partial charge in [-0.1, -0.05) is 35.3 Å². The molecule has 0 radical (unpaired) electrons. The van der Waals surface area contributed by atoms with Crippen molar-refractivity contribution in [1.29, 1.82) is 0 Å². The first kappa shape index (κ1) is 22.0. The van der Waals surface area contributed by atoms with E-state index in [-0.39, 0.29) is 6.01 Å². The van der Waals surface area contributed by atoms with Gasteiger partial charge in [0.25, 0.3) is 0 Å². The van der Waals surface area contributed by atoms with Crippen molar-refractivity contribution in [2.45, 2.75) is 13.5 Å². The number of benzene rings is 2. The molecule has 2 aromatic carbocycles. The van der Waals surface area contributed by atoms with E-state index in [1.807, 2.05) is 61.0 Å². The van der Waals surface area contributed by atoms with Crippen molar-refractivity contribution < 1.29 is 4.74 Å². The van der Waals surface area contributed by atoms with Gasteiger partial charge in [-0.05, 0) is 36.8 Å². The van der Waals surface area contributed by atoms with Crippen LogP contribution in [0.4, 0.5) is 17.5 Å². The number of ether oxygens (including phenoxy) is 1. The van der Waals surface area contributed by atoms with Crippen molar-refractivity contribution in [3.05, 3.63) is 76.2 Å². The maximum Gasteiger partial charge on any atom is 0.321 e. The fraction of sp³-hybridized carbons (Fsp3) is 0.130. The number of imidazole rings is 1. The van der Waals surface area contributed by atoms with E-state index in [1.54, 1.807) is 0 Å². The fourth-order valence-corrected chi connectivity index (χ4v) is 3.78. The molecule has 5 aromatic rings. The van der Waals surface area contributed by atoms with Crippen LogP contribution in [-0.4, -0.2) is 29.7 Å². The molecule has 0 spiro atoms. The van der Waals surface area contributed by atoms with E-state index in [0.717, 1.165) is 33.8 Å². The summed E-state index contributed by atoms with van der Waals surface area (Å²) >= 11 is 12.3. The second kappa shape index (κ2) is 9.20. The number of nitrogens with zero attached hydrogens (tertiary/aromatic N) is 5. The van der Waals surface area contributed by atoms with Crippen molar-refractivity contribution in [1.82, 2.24) is 29.7 Å². The van der Waals surface area contributed by atoms with Crippen LogP contribution in [-0.2, 0) is 13.6 Å². The molecular formula is C23H20Cl2N8O. The number of aromatic nitrogens is 6. The summed E-state index contributed by atoms with van der Waals surface area (Å²) in [6.07, 6.45) is 2.98. The summed E-state index contributed by atoms with van der Waals surface area (Å²) in [5.74, 6) is 2.07. The number of anilines is 3. The molecule has 0 saturated heterocycles. The van der Waals surface area contributed by atoms with E-state index in [9.17, 15) is 0 Å². The lowest BCUT2D eigenvalue weighted by Crippen LogP contribution is -2.05. The Morgan fingerprint density at radius 1 is 1.06 bits per heavy atom. The lowest BCUT2D eigenvalue weighted by molar-refractivity contribution is 0.441. The molecule has 0 unspecified atom stereocenters. The standard InChI is InChI=1S/C23H20Cl2N8O/c1-13-7-20(32-31-13)29-16-8-18(25)21-19(9-16)33(2)22(30-21)26-10-14-3-5-17(6-4-14)34-23-27-11-15(24)12-28-23/h3-9,11-12H,10H2,1-2H3,(H,26,30)(H2,29,31,32). The number of aromatic amines is 1. The van der Waals surface area contributed by atoms with Crippen molar-refractivity contribution in [3.8, 4) is 11.8 Å². The van der Waals surface area contributed by atoms with Gasteiger partial charge in [0.1, 0.15) is 11.3 Å². The second-order valence-corrected chi connectivity index (χ2v) is 8.51. The first-order valence-electron chi connectivity index (χ1n) is 10.4. The van der Waals surface area contributed by atoms with E-state index < -0.39 is 0 Å². The molecule has 11 heteroatoms. The van der Waals surface area contributed by atoms with Gasteiger partial charge in [-0.3, -0.25) is 5.10 Å². The van der Waals surface area contributed by atoms with E-state index in [4.69, 9.17) is 27.9 Å². The second-order valence-electron chi connectivity index (χ2n) is 7.66. The molecule has 3 N–H and O–H groups in total.